The Labute approximate surface area is 53.2 Å². The Balaban J connectivity index is 0.000000120. The zero-order chi connectivity index (χ0) is 6.69. The molecule has 2 heteroatoms. The molecule has 0 amide bonds. The summed E-state index contributed by atoms with van der Waals surface area (Å²) in [6.07, 6.45) is 0. The number of fused-ring (bicyclic) bond motifs is 1. The highest BCUT2D eigenvalue weighted by Crippen LogP contribution is 2.29. The van der Waals surface area contributed by atoms with Gasteiger partial charge in [0.1, 0.15) is 0 Å². The maximum atomic E-state index is 5.62. The Morgan fingerprint density at radius 3 is 1.11 bits per heavy atom. The second kappa shape index (κ2) is 2.25. The third kappa shape index (κ3) is 0.880. The van der Waals surface area contributed by atoms with Gasteiger partial charge < -0.3 is 0 Å². The van der Waals surface area contributed by atoms with Gasteiger partial charge in [0.25, 0.3) is 0 Å². The van der Waals surface area contributed by atoms with Gasteiger partial charge in [-0.2, -0.15) is 0 Å². The van der Waals surface area contributed by atoms with Crippen LogP contribution in [0.15, 0.2) is 24.3 Å². The molecule has 0 radical (unpaired) electrons. The lowest BCUT2D eigenvalue weighted by Gasteiger charge is -2.10. The Kier molecular flexibility index (Phi) is 1.43. The van der Waals surface area contributed by atoms with Gasteiger partial charge in [-0.1, -0.05) is 24.3 Å². The number of hydrogen-bond donors (Lipinski definition) is 2. The molecule has 44 valence electrons. The predicted molar refractivity (Wildman–Crippen MR) is 35.9 cm³/mol. The smallest absolute Gasteiger partial charge is 0.0831 e. The minimum Gasteiger partial charge on any atom is -0.242 e. The Morgan fingerprint density at radius 1 is 0.889 bits per heavy atom. The van der Waals surface area contributed by atoms with Crippen molar-refractivity contribution in [3.63, 3.8) is 0 Å². The molecule has 0 aromatic rings. The van der Waals surface area contributed by atoms with Crippen molar-refractivity contribution in [3.05, 3.63) is 24.3 Å². The Morgan fingerprint density at radius 2 is 1.11 bits per heavy atom. The average Bonchev–Trinajstić information content (AvgIpc) is 1.81. The molecule has 0 fully saturated rings. The summed E-state index contributed by atoms with van der Waals surface area (Å²) in [5.74, 6) is 0. The van der Waals surface area contributed by atoms with Crippen molar-refractivity contribution < 1.29 is 0 Å². The summed E-state index contributed by atoms with van der Waals surface area (Å²) in [5, 5.41) is 11.2. The van der Waals surface area contributed by atoms with Crippen molar-refractivity contribution in [1.29, 1.82) is 10.8 Å². The number of nitrogens with one attached hydrogen (secondary N) is 2. The molecule has 2 aliphatic rings. The molecule has 2 N–H and O–H groups in total. The first-order valence-corrected chi connectivity index (χ1v) is 2.57. The van der Waals surface area contributed by atoms with Gasteiger partial charge in [0.15, 0.2) is 0 Å². The molecule has 0 aromatic heterocycles. The van der Waals surface area contributed by atoms with Gasteiger partial charge in [-0.25, -0.2) is 10.8 Å². The number of rotatable bonds is 0. The van der Waals surface area contributed by atoms with Crippen LogP contribution in [0.25, 0.3) is 11.1 Å². The van der Waals surface area contributed by atoms with Gasteiger partial charge >= 0.3 is 0 Å². The van der Waals surface area contributed by atoms with Gasteiger partial charge in [-0.3, -0.25) is 0 Å². The molecule has 9 heavy (non-hydrogen) atoms. The third-order valence-electron chi connectivity index (χ3n) is 1.22. The molecule has 0 aromatic carbocycles. The standard InChI is InChI=1S/C6H4.CH2N2/c1-2-6-4-3-5(1)6;2-1-3/h1-4H;2-3H. The van der Waals surface area contributed by atoms with E-state index in [2.05, 4.69) is 24.3 Å². The average molecular weight is 118 g/mol. The van der Waals surface area contributed by atoms with Crippen LogP contribution in [-0.4, -0.2) is 6.01 Å². The molecule has 0 bridgehead atoms. The fraction of sp³-hybridized carbons (Fsp3) is 0. The summed E-state index contributed by atoms with van der Waals surface area (Å²) in [5.41, 5.74) is 2.85. The topological polar surface area (TPSA) is 47.7 Å². The Bertz CT molecular complexity index is 209. The molecule has 0 atom stereocenters. The minimum absolute atomic E-state index is 1.25. The van der Waals surface area contributed by atoms with Gasteiger partial charge in [0, 0.05) is 0 Å². The molecule has 0 saturated carbocycles. The van der Waals surface area contributed by atoms with Gasteiger partial charge in [0.2, 0.25) is 0 Å². The normalized spacial score (nSPS) is 8.44. The molecule has 2 aliphatic carbocycles. The largest absolute Gasteiger partial charge is 0.242 e. The summed E-state index contributed by atoms with van der Waals surface area (Å²) in [6, 6.07) is 9.73. The van der Waals surface area contributed by atoms with E-state index in [1.807, 2.05) is 0 Å². The van der Waals surface area contributed by atoms with Crippen molar-refractivity contribution in [2.24, 2.45) is 0 Å². The summed E-state index contributed by atoms with van der Waals surface area (Å²) in [4.78, 5) is 0. The van der Waals surface area contributed by atoms with Crippen molar-refractivity contribution in [2.75, 3.05) is 0 Å². The van der Waals surface area contributed by atoms with Crippen molar-refractivity contribution in [3.8, 4) is 11.1 Å². The molecule has 0 aliphatic heterocycles. The van der Waals surface area contributed by atoms with E-state index in [1.165, 1.54) is 17.1 Å². The fourth-order valence-electron chi connectivity index (χ4n) is 0.663. The lowest BCUT2D eigenvalue weighted by atomic mass is 9.95. The van der Waals surface area contributed by atoms with E-state index >= 15 is 0 Å². The highest BCUT2D eigenvalue weighted by Gasteiger charge is 2.03. The van der Waals surface area contributed by atoms with E-state index in [0.29, 0.717) is 0 Å². The van der Waals surface area contributed by atoms with Gasteiger partial charge in [-0.05, 0) is 11.1 Å². The SMILES string of the molecule is N=C=N.c1cc2ccc1-2. The van der Waals surface area contributed by atoms with E-state index in [0.717, 1.165) is 0 Å². The molecule has 2 rings (SSSR count). The molecule has 2 nitrogen and oxygen atoms in total. The first kappa shape index (κ1) is 5.73. The highest BCUT2D eigenvalue weighted by molar-refractivity contribution is 5.75. The van der Waals surface area contributed by atoms with Crippen LogP contribution in [0.4, 0.5) is 0 Å². The van der Waals surface area contributed by atoms with Crippen LogP contribution in [0.3, 0.4) is 0 Å². The monoisotopic (exact) mass is 118 g/mol. The van der Waals surface area contributed by atoms with Crippen molar-refractivity contribution >= 4 is 6.01 Å². The van der Waals surface area contributed by atoms with Crippen LogP contribution in [0.5, 0.6) is 0 Å². The van der Waals surface area contributed by atoms with Crippen LogP contribution >= 0.6 is 0 Å². The van der Waals surface area contributed by atoms with E-state index in [4.69, 9.17) is 10.8 Å². The third-order valence-corrected chi connectivity index (χ3v) is 1.22. The number of hydrogen-bond acceptors (Lipinski definition) is 2. The van der Waals surface area contributed by atoms with E-state index in [1.54, 1.807) is 0 Å². The van der Waals surface area contributed by atoms with Crippen LogP contribution < -0.4 is 0 Å². The summed E-state index contributed by atoms with van der Waals surface area (Å²) in [7, 11) is 0. The quantitative estimate of drug-likeness (QED) is 0.497. The van der Waals surface area contributed by atoms with Gasteiger partial charge in [0.05, 0.1) is 6.01 Å². The molecule has 0 unspecified atom stereocenters. The van der Waals surface area contributed by atoms with Crippen LogP contribution in [0.2, 0.25) is 0 Å². The molecular formula is C7H6N2. The van der Waals surface area contributed by atoms with Crippen LogP contribution in [-0.2, 0) is 0 Å². The lowest BCUT2D eigenvalue weighted by molar-refractivity contribution is 1.47. The molecule has 0 saturated heterocycles. The fourth-order valence-corrected chi connectivity index (χ4v) is 0.663. The molecular weight excluding hydrogens is 112 g/mol. The maximum absolute atomic E-state index is 5.62. The summed E-state index contributed by atoms with van der Waals surface area (Å²) < 4.78 is 0. The second-order valence-electron chi connectivity index (χ2n) is 1.70. The lowest BCUT2D eigenvalue weighted by Crippen LogP contribution is -1.85. The van der Waals surface area contributed by atoms with E-state index in [-0.39, 0.29) is 0 Å². The maximum Gasteiger partial charge on any atom is 0.0831 e. The zero-order valence-electron chi connectivity index (χ0n) is 4.81. The summed E-state index contributed by atoms with van der Waals surface area (Å²) >= 11 is 0. The first-order chi connectivity index (χ1) is 4.38. The predicted octanol–water partition coefficient (Wildman–Crippen LogP) is 1.98. The second-order valence-corrected chi connectivity index (χ2v) is 1.70. The van der Waals surface area contributed by atoms with E-state index in [9.17, 15) is 0 Å². The molecule has 0 spiro atoms. The first-order valence-electron chi connectivity index (χ1n) is 2.57. The minimum atomic E-state index is 1.25. The highest BCUT2D eigenvalue weighted by atomic mass is 14.4. The summed E-state index contributed by atoms with van der Waals surface area (Å²) in [6.45, 7) is 0. The van der Waals surface area contributed by atoms with Crippen molar-refractivity contribution in [1.82, 2.24) is 0 Å². The number of benzene rings is 1. The van der Waals surface area contributed by atoms with E-state index < -0.39 is 0 Å². The van der Waals surface area contributed by atoms with Gasteiger partial charge in [-0.15, -0.1) is 0 Å². The zero-order valence-corrected chi connectivity index (χ0v) is 4.81. The molecule has 0 heterocycles. The Hall–Kier alpha value is -1.40. The van der Waals surface area contributed by atoms with Crippen LogP contribution in [0.1, 0.15) is 0 Å². The van der Waals surface area contributed by atoms with Crippen molar-refractivity contribution in [2.45, 2.75) is 0 Å². The van der Waals surface area contributed by atoms with Crippen LogP contribution in [0, 0.1) is 10.8 Å².